The lowest BCUT2D eigenvalue weighted by Crippen LogP contribution is -2.36. The zero-order valence-corrected chi connectivity index (χ0v) is 14.5. The maximum atomic E-state index is 11.5. The molecule has 24 heavy (non-hydrogen) atoms. The van der Waals surface area contributed by atoms with Crippen molar-refractivity contribution in [2.45, 2.75) is 0 Å². The smallest absolute Gasteiger partial charge is 0.315 e. The molecule has 0 saturated carbocycles. The molecule has 5 heteroatoms. The molecule has 0 rings (SSSR count). The first-order valence-electron chi connectivity index (χ1n) is 7.88. The minimum Gasteiger partial charge on any atom is -0.370 e. The average Bonchev–Trinajstić information content (AvgIpc) is 2.54. The molecule has 0 spiro atoms. The molecule has 132 valence electrons. The lowest BCUT2D eigenvalue weighted by Gasteiger charge is -2.20. The van der Waals surface area contributed by atoms with Gasteiger partial charge in [-0.2, -0.15) is 0 Å². The van der Waals surface area contributed by atoms with Gasteiger partial charge < -0.3 is 20.4 Å². The maximum Gasteiger partial charge on any atom is 0.315 e. The second-order valence-corrected chi connectivity index (χ2v) is 5.08. The van der Waals surface area contributed by atoms with Crippen LogP contribution in [0.5, 0.6) is 0 Å². The summed E-state index contributed by atoms with van der Waals surface area (Å²) in [5, 5.41) is 0. The Balaban J connectivity index is 4.60. The molecule has 0 aromatic rings. The fourth-order valence-corrected chi connectivity index (χ4v) is 1.96. The summed E-state index contributed by atoms with van der Waals surface area (Å²) in [6.07, 6.45) is 14.9. The first-order chi connectivity index (χ1) is 11.6. The van der Waals surface area contributed by atoms with Crippen LogP contribution in [0.3, 0.4) is 0 Å². The average molecular weight is 330 g/mol. The van der Waals surface area contributed by atoms with Gasteiger partial charge in [0.2, 0.25) is 0 Å². The summed E-state index contributed by atoms with van der Waals surface area (Å²) in [5.74, 6) is 0. The molecule has 0 aliphatic rings. The number of urea groups is 1. The fraction of sp³-hybridized carbons (Fsp3) is 0.316. The molecule has 0 aromatic carbocycles. The molecule has 0 heterocycles. The van der Waals surface area contributed by atoms with E-state index in [9.17, 15) is 4.79 Å². The minimum absolute atomic E-state index is 0.438. The maximum absolute atomic E-state index is 11.5. The standard InChI is InChI=1S/C19H30N4O/c1-5-11-21(12-6-2)15-9-17-23(19(20)24)18-10-16-22(13-7-3)14-8-4/h5-10,15-16H,1-4,11-14,17-18H2,(H2,20,24). The van der Waals surface area contributed by atoms with E-state index in [-0.39, 0.29) is 0 Å². The number of nitrogens with zero attached hydrogens (tertiary/aromatic N) is 3. The van der Waals surface area contributed by atoms with Gasteiger partial charge in [0.25, 0.3) is 0 Å². The van der Waals surface area contributed by atoms with Crippen LogP contribution >= 0.6 is 0 Å². The third-order valence-electron chi connectivity index (χ3n) is 3.05. The zero-order chi connectivity index (χ0) is 18.2. The molecular formula is C19H30N4O. The second kappa shape index (κ2) is 13.9. The van der Waals surface area contributed by atoms with Crippen molar-refractivity contribution < 1.29 is 4.79 Å². The van der Waals surface area contributed by atoms with Crippen LogP contribution in [0.25, 0.3) is 0 Å². The summed E-state index contributed by atoms with van der Waals surface area (Å²) < 4.78 is 0. The number of carbonyl (C=O) groups is 1. The van der Waals surface area contributed by atoms with E-state index in [1.54, 1.807) is 4.90 Å². The van der Waals surface area contributed by atoms with E-state index in [0.717, 1.165) is 26.2 Å². The molecule has 2 amide bonds. The first-order valence-corrected chi connectivity index (χ1v) is 7.88. The Morgan fingerprint density at radius 3 is 1.29 bits per heavy atom. The molecule has 0 atom stereocenters. The van der Waals surface area contributed by atoms with Crippen LogP contribution in [0, 0.1) is 0 Å². The van der Waals surface area contributed by atoms with Crippen molar-refractivity contribution in [3.05, 3.63) is 75.2 Å². The van der Waals surface area contributed by atoms with Crippen molar-refractivity contribution in [3.63, 3.8) is 0 Å². The summed E-state index contributed by atoms with van der Waals surface area (Å²) >= 11 is 0. The largest absolute Gasteiger partial charge is 0.370 e. The number of amides is 2. The first kappa shape index (κ1) is 21.3. The molecule has 0 saturated heterocycles. The number of carbonyl (C=O) groups excluding carboxylic acids is 1. The number of hydrogen-bond acceptors (Lipinski definition) is 3. The highest BCUT2D eigenvalue weighted by molar-refractivity contribution is 5.72. The van der Waals surface area contributed by atoms with Crippen LogP contribution in [0.1, 0.15) is 0 Å². The van der Waals surface area contributed by atoms with E-state index in [2.05, 4.69) is 26.3 Å². The highest BCUT2D eigenvalue weighted by atomic mass is 16.2. The quantitative estimate of drug-likeness (QED) is 0.498. The summed E-state index contributed by atoms with van der Waals surface area (Å²) in [5.41, 5.74) is 5.43. The Labute approximate surface area is 146 Å². The highest BCUT2D eigenvalue weighted by Gasteiger charge is 2.05. The van der Waals surface area contributed by atoms with Crippen molar-refractivity contribution in [2.75, 3.05) is 39.3 Å². The molecule has 0 aromatic heterocycles. The number of primary amides is 1. The van der Waals surface area contributed by atoms with Gasteiger partial charge in [0, 0.05) is 39.3 Å². The van der Waals surface area contributed by atoms with Crippen molar-refractivity contribution in [2.24, 2.45) is 5.73 Å². The summed E-state index contributed by atoms with van der Waals surface area (Å²) in [6, 6.07) is -0.456. The number of nitrogens with two attached hydrogens (primary N) is 1. The van der Waals surface area contributed by atoms with Crippen molar-refractivity contribution >= 4 is 6.03 Å². The summed E-state index contributed by atoms with van der Waals surface area (Å²) in [7, 11) is 0. The predicted octanol–water partition coefficient (Wildman–Crippen LogP) is 2.74. The number of hydrogen-bond donors (Lipinski definition) is 1. The summed E-state index contributed by atoms with van der Waals surface area (Å²) in [4.78, 5) is 17.2. The monoisotopic (exact) mass is 330 g/mol. The Hall–Kier alpha value is -2.69. The van der Waals surface area contributed by atoms with E-state index in [4.69, 9.17) is 5.73 Å². The molecule has 0 radical (unpaired) electrons. The normalized spacial score (nSPS) is 10.5. The van der Waals surface area contributed by atoms with Gasteiger partial charge in [0.15, 0.2) is 0 Å². The minimum atomic E-state index is -0.456. The second-order valence-electron chi connectivity index (χ2n) is 5.08. The van der Waals surface area contributed by atoms with Crippen molar-refractivity contribution in [3.8, 4) is 0 Å². The molecule has 2 N–H and O–H groups in total. The highest BCUT2D eigenvalue weighted by Crippen LogP contribution is 1.96. The lowest BCUT2D eigenvalue weighted by molar-refractivity contribution is 0.217. The predicted molar refractivity (Wildman–Crippen MR) is 103 cm³/mol. The van der Waals surface area contributed by atoms with Crippen LogP contribution < -0.4 is 5.73 Å². The molecular weight excluding hydrogens is 300 g/mol. The van der Waals surface area contributed by atoms with Crippen LogP contribution in [0.15, 0.2) is 75.2 Å². The van der Waals surface area contributed by atoms with Gasteiger partial charge in [-0.15, -0.1) is 26.3 Å². The van der Waals surface area contributed by atoms with Gasteiger partial charge in [0.05, 0.1) is 0 Å². The Kier molecular flexibility index (Phi) is 12.4. The molecule has 5 nitrogen and oxygen atoms in total. The van der Waals surface area contributed by atoms with Crippen LogP contribution in [0.4, 0.5) is 4.79 Å². The molecule has 0 aliphatic heterocycles. The van der Waals surface area contributed by atoms with E-state index in [1.807, 2.05) is 58.7 Å². The fourth-order valence-electron chi connectivity index (χ4n) is 1.96. The van der Waals surface area contributed by atoms with Crippen molar-refractivity contribution in [1.29, 1.82) is 0 Å². The van der Waals surface area contributed by atoms with Gasteiger partial charge in [-0.25, -0.2) is 4.79 Å². The van der Waals surface area contributed by atoms with Crippen LogP contribution in [0.2, 0.25) is 0 Å². The van der Waals surface area contributed by atoms with E-state index in [1.165, 1.54) is 0 Å². The van der Waals surface area contributed by atoms with Crippen LogP contribution in [-0.2, 0) is 0 Å². The Bertz CT molecular complexity index is 412. The van der Waals surface area contributed by atoms with Gasteiger partial charge in [0.1, 0.15) is 0 Å². The van der Waals surface area contributed by atoms with E-state index in [0.29, 0.717) is 13.1 Å². The topological polar surface area (TPSA) is 52.8 Å². The van der Waals surface area contributed by atoms with E-state index < -0.39 is 6.03 Å². The molecule has 0 bridgehead atoms. The molecule has 0 aliphatic carbocycles. The Morgan fingerprint density at radius 2 is 1.04 bits per heavy atom. The van der Waals surface area contributed by atoms with E-state index >= 15 is 0 Å². The number of rotatable bonds is 14. The molecule has 0 fully saturated rings. The van der Waals surface area contributed by atoms with Gasteiger partial charge in [-0.1, -0.05) is 24.3 Å². The third kappa shape index (κ3) is 10.1. The zero-order valence-electron chi connectivity index (χ0n) is 14.5. The van der Waals surface area contributed by atoms with Crippen molar-refractivity contribution in [1.82, 2.24) is 14.7 Å². The SMILES string of the molecule is C=CCN(C=CCN(CC=CN(CC=C)CC=C)C(N)=O)CC=C. The lowest BCUT2D eigenvalue weighted by atomic mass is 10.4. The summed E-state index contributed by atoms with van der Waals surface area (Å²) in [6.45, 7) is 18.6. The van der Waals surface area contributed by atoms with Gasteiger partial charge in [-0.05, 0) is 24.6 Å². The molecule has 0 unspecified atom stereocenters. The Morgan fingerprint density at radius 1 is 0.708 bits per heavy atom. The van der Waals surface area contributed by atoms with Gasteiger partial charge >= 0.3 is 6.03 Å². The van der Waals surface area contributed by atoms with Gasteiger partial charge in [-0.3, -0.25) is 0 Å². The van der Waals surface area contributed by atoms with Crippen LogP contribution in [-0.4, -0.2) is 60.0 Å². The third-order valence-corrected chi connectivity index (χ3v) is 3.05.